The van der Waals surface area contributed by atoms with Crippen LogP contribution in [0.2, 0.25) is 0 Å². The Hall–Kier alpha value is -0.860. The molecule has 1 aromatic rings. The molecule has 2 heteroatoms. The number of benzene rings is 1. The Kier molecular flexibility index (Phi) is 4.57. The van der Waals surface area contributed by atoms with E-state index in [1.54, 1.807) is 0 Å². The Labute approximate surface area is 105 Å². The molecule has 1 N–H and O–H groups in total. The first kappa shape index (κ1) is 12.6. The molecule has 0 aliphatic carbocycles. The maximum Gasteiger partial charge on any atom is 0.0345 e. The molecule has 94 valence electrons. The van der Waals surface area contributed by atoms with Gasteiger partial charge in [0, 0.05) is 25.7 Å². The molecule has 17 heavy (non-hydrogen) atoms. The largest absolute Gasteiger partial charge is 0.314 e. The maximum atomic E-state index is 3.37. The second-order valence-electron chi connectivity index (χ2n) is 5.12. The van der Waals surface area contributed by atoms with Crippen LogP contribution in [0.1, 0.15) is 31.7 Å². The zero-order valence-electron chi connectivity index (χ0n) is 11.0. The van der Waals surface area contributed by atoms with Gasteiger partial charge in [-0.15, -0.1) is 0 Å². The van der Waals surface area contributed by atoms with Crippen molar-refractivity contribution in [2.24, 2.45) is 0 Å². The second-order valence-corrected chi connectivity index (χ2v) is 5.12. The van der Waals surface area contributed by atoms with Gasteiger partial charge in [-0.3, -0.25) is 4.90 Å². The molecule has 0 aromatic heterocycles. The van der Waals surface area contributed by atoms with E-state index >= 15 is 0 Å². The van der Waals surface area contributed by atoms with Crippen LogP contribution in [0, 0.1) is 0 Å². The van der Waals surface area contributed by atoms with Crippen LogP contribution in [0.15, 0.2) is 30.3 Å². The highest BCUT2D eigenvalue weighted by Gasteiger charge is 2.25. The standard InChI is InChI=1S/C15H24N2/c1-3-9-17(15-10-16-11-15)12-13(2)14-7-5-4-6-8-14/h4-8,13,15-16H,3,9-12H2,1-2H3. The van der Waals surface area contributed by atoms with Crippen molar-refractivity contribution in [3.05, 3.63) is 35.9 Å². The lowest BCUT2D eigenvalue weighted by molar-refractivity contribution is 0.139. The first-order valence-electron chi connectivity index (χ1n) is 6.81. The fourth-order valence-electron chi connectivity index (χ4n) is 2.48. The average molecular weight is 232 g/mol. The lowest BCUT2D eigenvalue weighted by Gasteiger charge is -2.39. The van der Waals surface area contributed by atoms with Crippen molar-refractivity contribution < 1.29 is 0 Å². The van der Waals surface area contributed by atoms with Gasteiger partial charge < -0.3 is 5.32 Å². The molecular formula is C15H24N2. The van der Waals surface area contributed by atoms with E-state index in [4.69, 9.17) is 0 Å². The van der Waals surface area contributed by atoms with E-state index < -0.39 is 0 Å². The molecule has 1 aromatic carbocycles. The molecule has 1 aliphatic heterocycles. The highest BCUT2D eigenvalue weighted by Crippen LogP contribution is 2.18. The van der Waals surface area contributed by atoms with Gasteiger partial charge in [0.15, 0.2) is 0 Å². The molecule has 0 bridgehead atoms. The summed E-state index contributed by atoms with van der Waals surface area (Å²) >= 11 is 0. The lowest BCUT2D eigenvalue weighted by atomic mass is 9.99. The van der Waals surface area contributed by atoms with Gasteiger partial charge in [0.1, 0.15) is 0 Å². The quantitative estimate of drug-likeness (QED) is 0.810. The van der Waals surface area contributed by atoms with E-state index in [0.717, 1.165) is 6.04 Å². The first-order chi connectivity index (χ1) is 8.31. The summed E-state index contributed by atoms with van der Waals surface area (Å²) < 4.78 is 0. The van der Waals surface area contributed by atoms with Crippen molar-refractivity contribution in [3.63, 3.8) is 0 Å². The van der Waals surface area contributed by atoms with Crippen LogP contribution in [-0.4, -0.2) is 37.1 Å². The summed E-state index contributed by atoms with van der Waals surface area (Å²) in [7, 11) is 0. The molecule has 0 saturated carbocycles. The smallest absolute Gasteiger partial charge is 0.0345 e. The minimum Gasteiger partial charge on any atom is -0.314 e. The van der Waals surface area contributed by atoms with E-state index in [1.807, 2.05) is 0 Å². The number of rotatable bonds is 6. The monoisotopic (exact) mass is 232 g/mol. The molecule has 1 fully saturated rings. The van der Waals surface area contributed by atoms with E-state index in [-0.39, 0.29) is 0 Å². The molecule has 2 rings (SSSR count). The molecule has 2 nitrogen and oxygen atoms in total. The third-order valence-electron chi connectivity index (χ3n) is 3.66. The zero-order valence-corrected chi connectivity index (χ0v) is 11.0. The van der Waals surface area contributed by atoms with Gasteiger partial charge in [-0.05, 0) is 24.4 Å². The number of nitrogens with zero attached hydrogens (tertiary/aromatic N) is 1. The zero-order chi connectivity index (χ0) is 12.1. The summed E-state index contributed by atoms with van der Waals surface area (Å²) in [6, 6.07) is 11.6. The molecular weight excluding hydrogens is 208 g/mol. The summed E-state index contributed by atoms with van der Waals surface area (Å²) in [6.07, 6.45) is 1.25. The Morgan fingerprint density at radius 2 is 2.00 bits per heavy atom. The van der Waals surface area contributed by atoms with Gasteiger partial charge >= 0.3 is 0 Å². The summed E-state index contributed by atoms with van der Waals surface area (Å²) in [4.78, 5) is 2.65. The van der Waals surface area contributed by atoms with Gasteiger partial charge in [-0.1, -0.05) is 44.2 Å². The highest BCUT2D eigenvalue weighted by molar-refractivity contribution is 5.19. The molecule has 1 aliphatic rings. The summed E-state index contributed by atoms with van der Waals surface area (Å²) in [6.45, 7) is 9.35. The van der Waals surface area contributed by atoms with Gasteiger partial charge in [-0.2, -0.15) is 0 Å². The minimum absolute atomic E-state index is 0.628. The number of hydrogen-bond acceptors (Lipinski definition) is 2. The SMILES string of the molecule is CCCN(CC(C)c1ccccc1)C1CNC1. The Bertz CT molecular complexity index is 319. The van der Waals surface area contributed by atoms with Crippen molar-refractivity contribution in [1.82, 2.24) is 10.2 Å². The molecule has 0 radical (unpaired) electrons. The number of nitrogens with one attached hydrogen (secondary N) is 1. The van der Waals surface area contributed by atoms with Crippen LogP contribution in [-0.2, 0) is 0 Å². The fourth-order valence-corrected chi connectivity index (χ4v) is 2.48. The minimum atomic E-state index is 0.628. The van der Waals surface area contributed by atoms with Crippen molar-refractivity contribution in [2.75, 3.05) is 26.2 Å². The van der Waals surface area contributed by atoms with Crippen molar-refractivity contribution in [3.8, 4) is 0 Å². The second kappa shape index (κ2) is 6.18. The van der Waals surface area contributed by atoms with Crippen LogP contribution in [0.3, 0.4) is 0 Å². The van der Waals surface area contributed by atoms with Gasteiger partial charge in [0.25, 0.3) is 0 Å². The molecule has 0 amide bonds. The van der Waals surface area contributed by atoms with E-state index in [1.165, 1.54) is 38.2 Å². The molecule has 0 spiro atoms. The van der Waals surface area contributed by atoms with Crippen LogP contribution < -0.4 is 5.32 Å². The topological polar surface area (TPSA) is 15.3 Å². The van der Waals surface area contributed by atoms with E-state index in [0.29, 0.717) is 5.92 Å². The maximum absolute atomic E-state index is 3.37. The van der Waals surface area contributed by atoms with E-state index in [9.17, 15) is 0 Å². The molecule has 1 saturated heterocycles. The summed E-state index contributed by atoms with van der Waals surface area (Å²) in [5, 5.41) is 3.37. The Morgan fingerprint density at radius 3 is 2.53 bits per heavy atom. The van der Waals surface area contributed by atoms with Crippen LogP contribution >= 0.6 is 0 Å². The number of hydrogen-bond donors (Lipinski definition) is 1. The molecule has 1 unspecified atom stereocenters. The van der Waals surface area contributed by atoms with Crippen molar-refractivity contribution >= 4 is 0 Å². The Morgan fingerprint density at radius 1 is 1.29 bits per heavy atom. The summed E-state index contributed by atoms with van der Waals surface area (Å²) in [5.41, 5.74) is 1.46. The Balaban J connectivity index is 1.92. The van der Waals surface area contributed by atoms with Gasteiger partial charge in [-0.25, -0.2) is 0 Å². The van der Waals surface area contributed by atoms with Crippen LogP contribution in [0.25, 0.3) is 0 Å². The third kappa shape index (κ3) is 3.30. The lowest BCUT2D eigenvalue weighted by Crippen LogP contribution is -2.57. The molecule has 1 atom stereocenters. The predicted molar refractivity (Wildman–Crippen MR) is 73.4 cm³/mol. The first-order valence-corrected chi connectivity index (χ1v) is 6.81. The fraction of sp³-hybridized carbons (Fsp3) is 0.600. The molecule has 1 heterocycles. The van der Waals surface area contributed by atoms with Gasteiger partial charge in [0.2, 0.25) is 0 Å². The van der Waals surface area contributed by atoms with E-state index in [2.05, 4.69) is 54.4 Å². The van der Waals surface area contributed by atoms with Crippen molar-refractivity contribution in [2.45, 2.75) is 32.2 Å². The van der Waals surface area contributed by atoms with Gasteiger partial charge in [0.05, 0.1) is 0 Å². The average Bonchev–Trinajstić information content (AvgIpc) is 2.28. The van der Waals surface area contributed by atoms with Crippen molar-refractivity contribution in [1.29, 1.82) is 0 Å². The predicted octanol–water partition coefficient (Wildman–Crippen LogP) is 2.47. The third-order valence-corrected chi connectivity index (χ3v) is 3.66. The normalized spacial score (nSPS) is 18.1. The van der Waals surface area contributed by atoms with Crippen LogP contribution in [0.5, 0.6) is 0 Å². The summed E-state index contributed by atoms with van der Waals surface area (Å²) in [5.74, 6) is 0.628. The van der Waals surface area contributed by atoms with Crippen LogP contribution in [0.4, 0.5) is 0 Å². The highest BCUT2D eigenvalue weighted by atomic mass is 15.2.